The molecular weight excluding hydrogens is 583 g/mol. The molecule has 2 fully saturated rings. The van der Waals surface area contributed by atoms with Crippen molar-refractivity contribution in [2.45, 2.75) is 49.4 Å². The summed E-state index contributed by atoms with van der Waals surface area (Å²) in [4.78, 5) is 26.2. The summed E-state index contributed by atoms with van der Waals surface area (Å²) in [6.45, 7) is 1.06. The highest BCUT2D eigenvalue weighted by atomic mass is 79.9. The number of fused-ring (bicyclic) bond motifs is 1. The van der Waals surface area contributed by atoms with Crippen molar-refractivity contribution in [1.29, 1.82) is 0 Å². The van der Waals surface area contributed by atoms with E-state index in [1.54, 1.807) is 14.2 Å². The van der Waals surface area contributed by atoms with Gasteiger partial charge in [-0.3, -0.25) is 0 Å². The van der Waals surface area contributed by atoms with Crippen molar-refractivity contribution < 1.29 is 37.3 Å². The number of carboxylic acid groups (broad SMARTS) is 1. The van der Waals surface area contributed by atoms with E-state index in [0.717, 1.165) is 53.9 Å². The van der Waals surface area contributed by atoms with Crippen LogP contribution in [-0.4, -0.2) is 80.0 Å². The van der Waals surface area contributed by atoms with E-state index in [2.05, 4.69) is 45.3 Å². The Labute approximate surface area is 234 Å². The molecule has 4 rings (SSSR count). The van der Waals surface area contributed by atoms with E-state index in [9.17, 15) is 18.0 Å². The third kappa shape index (κ3) is 6.96. The summed E-state index contributed by atoms with van der Waals surface area (Å²) in [7, 11) is 7.48. The molecule has 1 saturated carbocycles. The van der Waals surface area contributed by atoms with Crippen LogP contribution < -0.4 is 14.8 Å². The SMILES string of the molecule is COc1ccc([C@@]23CC[C@H](N(C)C(=O)Nc4cccc(Br)c4)C[C@@H]2N(C)CC3)cc1OC.O=C(O)C(F)(F)F. The number of carbonyl (C=O) groups is 2. The molecule has 1 aliphatic heterocycles. The van der Waals surface area contributed by atoms with Crippen LogP contribution in [0.15, 0.2) is 46.9 Å². The Hall–Kier alpha value is -2.99. The molecule has 2 aromatic carbocycles. The average Bonchev–Trinajstić information content (AvgIpc) is 3.24. The van der Waals surface area contributed by atoms with Crippen LogP contribution in [0.3, 0.4) is 0 Å². The smallest absolute Gasteiger partial charge is 0.490 e. The molecule has 3 atom stereocenters. The summed E-state index contributed by atoms with van der Waals surface area (Å²) in [5, 5.41) is 10.2. The number of amides is 2. The number of ether oxygens (including phenoxy) is 2. The van der Waals surface area contributed by atoms with Crippen LogP contribution >= 0.6 is 15.9 Å². The number of benzene rings is 2. The molecule has 0 aromatic heterocycles. The lowest BCUT2D eigenvalue weighted by molar-refractivity contribution is -0.192. The monoisotopic (exact) mass is 615 g/mol. The molecular formula is C27H33BrF3N3O5. The topological polar surface area (TPSA) is 91.3 Å². The maximum atomic E-state index is 13.0. The van der Waals surface area contributed by atoms with E-state index in [1.807, 2.05) is 42.3 Å². The highest BCUT2D eigenvalue weighted by Crippen LogP contribution is 2.50. The Morgan fingerprint density at radius 3 is 2.38 bits per heavy atom. The molecule has 12 heteroatoms. The highest BCUT2D eigenvalue weighted by molar-refractivity contribution is 9.10. The first kappa shape index (κ1) is 30.6. The number of nitrogens with one attached hydrogen (secondary N) is 1. The van der Waals surface area contributed by atoms with E-state index in [4.69, 9.17) is 19.4 Å². The van der Waals surface area contributed by atoms with Crippen molar-refractivity contribution >= 4 is 33.6 Å². The minimum absolute atomic E-state index is 0.0626. The number of rotatable bonds is 5. The van der Waals surface area contributed by atoms with Crippen LogP contribution in [0.25, 0.3) is 0 Å². The number of urea groups is 1. The number of halogens is 4. The average molecular weight is 616 g/mol. The number of likely N-dealkylation sites (tertiary alicyclic amines) is 1. The van der Waals surface area contributed by atoms with Gasteiger partial charge in [0.15, 0.2) is 11.5 Å². The van der Waals surface area contributed by atoms with Gasteiger partial charge in [0.05, 0.1) is 14.2 Å². The number of methoxy groups -OCH3 is 2. The molecule has 2 amide bonds. The van der Waals surface area contributed by atoms with Gasteiger partial charge in [-0.25, -0.2) is 9.59 Å². The van der Waals surface area contributed by atoms with E-state index in [-0.39, 0.29) is 17.5 Å². The van der Waals surface area contributed by atoms with E-state index in [0.29, 0.717) is 6.04 Å². The summed E-state index contributed by atoms with van der Waals surface area (Å²) in [6.07, 6.45) is -1.00. The fourth-order valence-corrected chi connectivity index (χ4v) is 5.94. The summed E-state index contributed by atoms with van der Waals surface area (Å²) in [6, 6.07) is 14.6. The van der Waals surface area contributed by atoms with Gasteiger partial charge in [0, 0.05) is 34.7 Å². The third-order valence-electron chi connectivity index (χ3n) is 7.64. The molecule has 0 spiro atoms. The van der Waals surface area contributed by atoms with Gasteiger partial charge in [0.2, 0.25) is 0 Å². The number of alkyl halides is 3. The van der Waals surface area contributed by atoms with Crippen molar-refractivity contribution in [3.63, 3.8) is 0 Å². The molecule has 8 nitrogen and oxygen atoms in total. The molecule has 2 N–H and O–H groups in total. The van der Waals surface area contributed by atoms with E-state index >= 15 is 0 Å². The standard InChI is InChI=1S/C25H32BrN3O3.C2HF3O2/c1-28-13-12-25(17-8-9-21(31-3)22(14-17)32-4)11-10-20(16-23(25)28)29(2)24(30)27-19-7-5-6-18(26)15-19;3-2(4,5)1(6)7/h5-9,14-15,20,23H,10-13,16H2,1-4H3,(H,27,30);(H,6,7)/t20-,23-,25-;/m0./s1. The van der Waals surface area contributed by atoms with Crippen LogP contribution in [0.2, 0.25) is 0 Å². The summed E-state index contributed by atoms with van der Waals surface area (Å²) in [5.41, 5.74) is 2.18. The molecule has 214 valence electrons. The van der Waals surface area contributed by atoms with Gasteiger partial charge in [0.1, 0.15) is 0 Å². The summed E-state index contributed by atoms with van der Waals surface area (Å²) in [5.74, 6) is -1.22. The van der Waals surface area contributed by atoms with Gasteiger partial charge in [-0.1, -0.05) is 28.1 Å². The molecule has 1 saturated heterocycles. The molecule has 1 heterocycles. The van der Waals surface area contributed by atoms with Crippen LogP contribution in [0.5, 0.6) is 11.5 Å². The maximum Gasteiger partial charge on any atom is 0.490 e. The Bertz CT molecular complexity index is 1180. The fraction of sp³-hybridized carbons (Fsp3) is 0.481. The zero-order valence-electron chi connectivity index (χ0n) is 22.2. The summed E-state index contributed by atoms with van der Waals surface area (Å²) < 4.78 is 43.7. The predicted octanol–water partition coefficient (Wildman–Crippen LogP) is 5.76. The largest absolute Gasteiger partial charge is 0.493 e. The molecule has 2 aliphatic rings. The second-order valence-corrected chi connectivity index (χ2v) is 10.7. The van der Waals surface area contributed by atoms with Gasteiger partial charge >= 0.3 is 18.2 Å². The Morgan fingerprint density at radius 1 is 1.13 bits per heavy atom. The lowest BCUT2D eigenvalue weighted by atomic mass is 9.65. The van der Waals surface area contributed by atoms with Crippen LogP contribution in [0, 0.1) is 0 Å². The van der Waals surface area contributed by atoms with Crippen LogP contribution in [0.4, 0.5) is 23.7 Å². The van der Waals surface area contributed by atoms with Gasteiger partial charge < -0.3 is 29.7 Å². The number of carbonyl (C=O) groups excluding carboxylic acids is 1. The second kappa shape index (κ2) is 12.5. The van der Waals surface area contributed by atoms with Crippen molar-refractivity contribution in [2.24, 2.45) is 0 Å². The predicted molar refractivity (Wildman–Crippen MR) is 145 cm³/mol. The molecule has 1 aliphatic carbocycles. The fourth-order valence-electron chi connectivity index (χ4n) is 5.54. The minimum Gasteiger partial charge on any atom is -0.493 e. The third-order valence-corrected chi connectivity index (χ3v) is 8.14. The second-order valence-electron chi connectivity index (χ2n) is 9.75. The first-order valence-electron chi connectivity index (χ1n) is 12.3. The number of aliphatic carboxylic acids is 1. The molecule has 0 bridgehead atoms. The lowest BCUT2D eigenvalue weighted by Gasteiger charge is -2.46. The number of hydrogen-bond donors (Lipinski definition) is 2. The number of carboxylic acids is 1. The van der Waals surface area contributed by atoms with E-state index < -0.39 is 12.1 Å². The summed E-state index contributed by atoms with van der Waals surface area (Å²) >= 11 is 3.46. The zero-order chi connectivity index (χ0) is 29.0. The first-order chi connectivity index (χ1) is 18.3. The van der Waals surface area contributed by atoms with Crippen molar-refractivity contribution in [1.82, 2.24) is 9.80 Å². The maximum absolute atomic E-state index is 13.0. The number of hydrogen-bond acceptors (Lipinski definition) is 5. The quantitative estimate of drug-likeness (QED) is 0.444. The minimum atomic E-state index is -5.08. The van der Waals surface area contributed by atoms with Gasteiger partial charge in [-0.15, -0.1) is 0 Å². The van der Waals surface area contributed by atoms with E-state index in [1.165, 1.54) is 5.56 Å². The zero-order valence-corrected chi connectivity index (χ0v) is 23.8. The van der Waals surface area contributed by atoms with Gasteiger partial charge in [-0.05, 0) is 75.2 Å². The van der Waals surface area contributed by atoms with Crippen LogP contribution in [-0.2, 0) is 10.2 Å². The number of anilines is 1. The van der Waals surface area contributed by atoms with Crippen LogP contribution in [0.1, 0.15) is 31.2 Å². The lowest BCUT2D eigenvalue weighted by Crippen LogP contribution is -2.52. The van der Waals surface area contributed by atoms with Crippen molar-refractivity contribution in [3.8, 4) is 11.5 Å². The first-order valence-corrected chi connectivity index (χ1v) is 13.1. The molecule has 0 radical (unpaired) electrons. The van der Waals surface area contributed by atoms with Crippen molar-refractivity contribution in [3.05, 3.63) is 52.5 Å². The van der Waals surface area contributed by atoms with Gasteiger partial charge in [0.25, 0.3) is 0 Å². The molecule has 39 heavy (non-hydrogen) atoms. The number of likely N-dealkylation sites (N-methyl/N-ethyl adjacent to an activating group) is 1. The normalized spacial score (nSPS) is 22.7. The Kier molecular flexibility index (Phi) is 9.76. The highest BCUT2D eigenvalue weighted by Gasteiger charge is 2.51. The number of nitrogens with zero attached hydrogens (tertiary/aromatic N) is 2. The molecule has 0 unspecified atom stereocenters. The Morgan fingerprint density at radius 2 is 1.79 bits per heavy atom. The molecule has 2 aromatic rings. The Balaban J connectivity index is 0.000000532. The van der Waals surface area contributed by atoms with Gasteiger partial charge in [-0.2, -0.15) is 13.2 Å². The van der Waals surface area contributed by atoms with Crippen molar-refractivity contribution in [2.75, 3.05) is 40.2 Å².